The van der Waals surface area contributed by atoms with Crippen molar-refractivity contribution < 1.29 is 0 Å². The van der Waals surface area contributed by atoms with E-state index in [9.17, 15) is 0 Å². The van der Waals surface area contributed by atoms with E-state index >= 15 is 0 Å². The largest absolute Gasteiger partial charge is 0.328 e. The van der Waals surface area contributed by atoms with E-state index in [4.69, 9.17) is 10.7 Å². The summed E-state index contributed by atoms with van der Waals surface area (Å²) < 4.78 is 2.32. The van der Waals surface area contributed by atoms with Crippen LogP contribution in [0.5, 0.6) is 0 Å². The molecule has 0 saturated carbocycles. The lowest BCUT2D eigenvalue weighted by molar-refractivity contribution is 0.585. The Bertz CT molecular complexity index is 685. The minimum atomic E-state index is 0.184. The number of hydrogen-bond acceptors (Lipinski definition) is 3. The number of nitrogens with zero attached hydrogens (tertiary/aromatic N) is 2. The fourth-order valence-electron chi connectivity index (χ4n) is 2.67. The number of aryl methyl sites for hydroxylation is 1. The van der Waals surface area contributed by atoms with Crippen molar-refractivity contribution in [1.82, 2.24) is 9.55 Å². The van der Waals surface area contributed by atoms with Crippen LogP contribution < -0.4 is 5.73 Å². The third-order valence-electron chi connectivity index (χ3n) is 3.55. The second-order valence-electron chi connectivity index (χ2n) is 4.90. The molecular weight excluding hydrogens is 266 g/mol. The summed E-state index contributed by atoms with van der Waals surface area (Å²) in [5, 5.41) is 2.11. The van der Waals surface area contributed by atoms with Crippen LogP contribution in [-0.2, 0) is 6.42 Å². The molecule has 0 aliphatic heterocycles. The predicted octanol–water partition coefficient (Wildman–Crippen LogP) is 3.60. The minimum Gasteiger partial charge on any atom is -0.328 e. The molecule has 2 aromatic heterocycles. The maximum Gasteiger partial charge on any atom is 0.110 e. The van der Waals surface area contributed by atoms with Gasteiger partial charge in [0.2, 0.25) is 0 Å². The molecule has 1 aromatic carbocycles. The highest BCUT2D eigenvalue weighted by molar-refractivity contribution is 7.10. The minimum absolute atomic E-state index is 0.184. The topological polar surface area (TPSA) is 43.8 Å². The molecule has 3 aromatic rings. The molecule has 0 spiro atoms. The molecule has 3 rings (SSSR count). The van der Waals surface area contributed by atoms with Crippen molar-refractivity contribution in [3.8, 4) is 0 Å². The summed E-state index contributed by atoms with van der Waals surface area (Å²) in [5.41, 5.74) is 8.31. The highest BCUT2D eigenvalue weighted by Gasteiger charge is 2.19. The summed E-state index contributed by atoms with van der Waals surface area (Å²) in [7, 11) is 0. The van der Waals surface area contributed by atoms with Crippen LogP contribution in [0.3, 0.4) is 0 Å². The van der Waals surface area contributed by atoms with Crippen LogP contribution in [0.25, 0.3) is 11.0 Å². The van der Waals surface area contributed by atoms with E-state index in [0.29, 0.717) is 6.54 Å². The number of benzene rings is 1. The van der Waals surface area contributed by atoms with E-state index in [2.05, 4.69) is 47.2 Å². The van der Waals surface area contributed by atoms with Crippen molar-refractivity contribution in [1.29, 1.82) is 0 Å². The molecule has 2 N–H and O–H groups in total. The number of hydrogen-bond donors (Lipinski definition) is 1. The Morgan fingerprint density at radius 3 is 2.80 bits per heavy atom. The number of nitrogens with two attached hydrogens (primary N) is 1. The van der Waals surface area contributed by atoms with Gasteiger partial charge in [-0.15, -0.1) is 11.3 Å². The molecule has 2 heterocycles. The molecular formula is C16H19N3S. The first-order valence-corrected chi connectivity index (χ1v) is 7.92. The standard InChI is InChI=1S/C16H19N3S/c1-2-6-16-18-12-7-3-4-8-13(12)19(16)14(11-17)15-9-5-10-20-15/h3-5,7-10,14H,2,6,11,17H2,1H3. The number of imidazole rings is 1. The first kappa shape index (κ1) is 13.3. The van der Waals surface area contributed by atoms with Gasteiger partial charge in [-0.3, -0.25) is 0 Å². The van der Waals surface area contributed by atoms with Gasteiger partial charge in [0.05, 0.1) is 17.1 Å². The molecule has 0 saturated heterocycles. The number of para-hydroxylation sites is 2. The van der Waals surface area contributed by atoms with Crippen LogP contribution >= 0.6 is 11.3 Å². The van der Waals surface area contributed by atoms with Gasteiger partial charge >= 0.3 is 0 Å². The molecule has 0 aliphatic carbocycles. The number of thiophene rings is 1. The quantitative estimate of drug-likeness (QED) is 0.778. The van der Waals surface area contributed by atoms with E-state index < -0.39 is 0 Å². The third-order valence-corrected chi connectivity index (χ3v) is 4.52. The molecule has 0 amide bonds. The molecule has 1 atom stereocenters. The fraction of sp³-hybridized carbons (Fsp3) is 0.312. The Morgan fingerprint density at radius 2 is 2.10 bits per heavy atom. The van der Waals surface area contributed by atoms with Crippen LogP contribution in [0.15, 0.2) is 41.8 Å². The van der Waals surface area contributed by atoms with Crippen LogP contribution in [0.1, 0.15) is 30.1 Å². The summed E-state index contributed by atoms with van der Waals surface area (Å²) in [6.07, 6.45) is 2.07. The molecule has 0 aliphatic rings. The van der Waals surface area contributed by atoms with Crippen molar-refractivity contribution in [2.75, 3.05) is 6.54 Å². The van der Waals surface area contributed by atoms with Gasteiger partial charge in [-0.25, -0.2) is 4.98 Å². The number of fused-ring (bicyclic) bond motifs is 1. The Kier molecular flexibility index (Phi) is 3.85. The molecule has 0 bridgehead atoms. The molecule has 1 unspecified atom stereocenters. The van der Waals surface area contributed by atoms with Gasteiger partial charge in [-0.1, -0.05) is 25.1 Å². The first-order valence-electron chi connectivity index (χ1n) is 7.04. The number of rotatable bonds is 5. The molecule has 0 radical (unpaired) electrons. The third kappa shape index (κ3) is 2.25. The maximum atomic E-state index is 6.07. The van der Waals surface area contributed by atoms with Gasteiger partial charge in [0, 0.05) is 17.8 Å². The van der Waals surface area contributed by atoms with Crippen molar-refractivity contribution >= 4 is 22.4 Å². The average molecular weight is 285 g/mol. The average Bonchev–Trinajstić information content (AvgIpc) is 3.09. The van der Waals surface area contributed by atoms with E-state index in [1.54, 1.807) is 11.3 Å². The van der Waals surface area contributed by atoms with Crippen LogP contribution in [-0.4, -0.2) is 16.1 Å². The lowest BCUT2D eigenvalue weighted by Gasteiger charge is -2.19. The van der Waals surface area contributed by atoms with Crippen LogP contribution in [0.2, 0.25) is 0 Å². The zero-order valence-electron chi connectivity index (χ0n) is 11.6. The van der Waals surface area contributed by atoms with Gasteiger partial charge < -0.3 is 10.3 Å². The second kappa shape index (κ2) is 5.77. The van der Waals surface area contributed by atoms with Crippen molar-refractivity contribution in [3.63, 3.8) is 0 Å². The van der Waals surface area contributed by atoms with Gasteiger partial charge in [0.25, 0.3) is 0 Å². The van der Waals surface area contributed by atoms with E-state index in [1.165, 1.54) is 10.4 Å². The van der Waals surface area contributed by atoms with Crippen LogP contribution in [0, 0.1) is 0 Å². The number of aromatic nitrogens is 2. The molecule has 20 heavy (non-hydrogen) atoms. The van der Waals surface area contributed by atoms with Gasteiger partial charge in [0.15, 0.2) is 0 Å². The SMILES string of the molecule is CCCc1nc2ccccc2n1C(CN)c1cccs1. The van der Waals surface area contributed by atoms with E-state index in [0.717, 1.165) is 24.2 Å². The van der Waals surface area contributed by atoms with Gasteiger partial charge in [-0.05, 0) is 30.0 Å². The van der Waals surface area contributed by atoms with Crippen molar-refractivity contribution in [2.24, 2.45) is 5.73 Å². The molecule has 4 heteroatoms. The van der Waals surface area contributed by atoms with Gasteiger partial charge in [0.1, 0.15) is 5.82 Å². The Balaban J connectivity index is 2.19. The zero-order valence-corrected chi connectivity index (χ0v) is 12.4. The summed E-state index contributed by atoms with van der Waals surface area (Å²) in [5.74, 6) is 1.14. The second-order valence-corrected chi connectivity index (χ2v) is 5.88. The zero-order chi connectivity index (χ0) is 13.9. The summed E-state index contributed by atoms with van der Waals surface area (Å²) >= 11 is 1.76. The van der Waals surface area contributed by atoms with E-state index in [-0.39, 0.29) is 6.04 Å². The summed E-state index contributed by atoms with van der Waals surface area (Å²) in [6, 6.07) is 12.7. The lowest BCUT2D eigenvalue weighted by atomic mass is 10.2. The molecule has 0 fully saturated rings. The van der Waals surface area contributed by atoms with Gasteiger partial charge in [-0.2, -0.15) is 0 Å². The smallest absolute Gasteiger partial charge is 0.110 e. The predicted molar refractivity (Wildman–Crippen MR) is 85.2 cm³/mol. The monoisotopic (exact) mass is 285 g/mol. The highest BCUT2D eigenvalue weighted by Crippen LogP contribution is 2.28. The highest BCUT2D eigenvalue weighted by atomic mass is 32.1. The fourth-order valence-corrected chi connectivity index (χ4v) is 3.50. The molecule has 3 nitrogen and oxygen atoms in total. The maximum absolute atomic E-state index is 6.07. The van der Waals surface area contributed by atoms with Crippen molar-refractivity contribution in [2.45, 2.75) is 25.8 Å². The Hall–Kier alpha value is -1.65. The Morgan fingerprint density at radius 1 is 1.25 bits per heavy atom. The first-order chi connectivity index (χ1) is 9.85. The lowest BCUT2D eigenvalue weighted by Crippen LogP contribution is -2.21. The van der Waals surface area contributed by atoms with E-state index in [1.807, 2.05) is 6.07 Å². The Labute approximate surface area is 123 Å². The van der Waals surface area contributed by atoms with Crippen molar-refractivity contribution in [3.05, 3.63) is 52.5 Å². The summed E-state index contributed by atoms with van der Waals surface area (Å²) in [6.45, 7) is 2.78. The normalized spacial score (nSPS) is 12.9. The molecule has 104 valence electrons. The van der Waals surface area contributed by atoms with Crippen LogP contribution in [0.4, 0.5) is 0 Å². The summed E-state index contributed by atoms with van der Waals surface area (Å²) in [4.78, 5) is 6.09.